The third-order valence-corrected chi connectivity index (χ3v) is 4.05. The molecule has 1 aliphatic rings. The van der Waals surface area contributed by atoms with Gasteiger partial charge in [-0.3, -0.25) is 4.79 Å². The van der Waals surface area contributed by atoms with Crippen LogP contribution in [0, 0.1) is 12.8 Å². The lowest BCUT2D eigenvalue weighted by Gasteiger charge is -2.07. The molecular weight excluding hydrogens is 320 g/mol. The molecular formula is C17H18N6O2. The van der Waals surface area contributed by atoms with Crippen LogP contribution in [0.2, 0.25) is 0 Å². The largest absolute Gasteiger partial charge is 0.477 e. The molecule has 3 aromatic rings. The first-order chi connectivity index (χ1) is 12.2. The highest BCUT2D eigenvalue weighted by atomic mass is 16.5. The van der Waals surface area contributed by atoms with Crippen molar-refractivity contribution in [3.63, 3.8) is 0 Å². The van der Waals surface area contributed by atoms with Crippen molar-refractivity contribution in [3.05, 3.63) is 47.7 Å². The summed E-state index contributed by atoms with van der Waals surface area (Å²) in [5.41, 5.74) is 1.77. The molecule has 0 saturated heterocycles. The number of pyridine rings is 1. The monoisotopic (exact) mass is 338 g/mol. The second-order valence-electron chi connectivity index (χ2n) is 6.17. The Bertz CT molecular complexity index is 918. The van der Waals surface area contributed by atoms with E-state index in [-0.39, 0.29) is 11.7 Å². The van der Waals surface area contributed by atoms with E-state index < -0.39 is 0 Å². The molecule has 0 bridgehead atoms. The van der Waals surface area contributed by atoms with Crippen molar-refractivity contribution in [2.75, 3.05) is 6.61 Å². The lowest BCUT2D eigenvalue weighted by Crippen LogP contribution is -2.24. The van der Waals surface area contributed by atoms with Gasteiger partial charge < -0.3 is 10.1 Å². The zero-order valence-corrected chi connectivity index (χ0v) is 13.8. The smallest absolute Gasteiger partial charge is 0.291 e. The number of rotatable bonds is 6. The van der Waals surface area contributed by atoms with Gasteiger partial charge in [-0.05, 0) is 43.4 Å². The first kappa shape index (κ1) is 15.5. The second-order valence-corrected chi connectivity index (χ2v) is 6.17. The number of hydrogen-bond donors (Lipinski definition) is 1. The number of amides is 1. The molecule has 1 fully saturated rings. The maximum absolute atomic E-state index is 12.3. The quantitative estimate of drug-likeness (QED) is 0.733. The lowest BCUT2D eigenvalue weighted by atomic mass is 10.2. The van der Waals surface area contributed by atoms with E-state index in [2.05, 4.69) is 25.4 Å². The van der Waals surface area contributed by atoms with Crippen molar-refractivity contribution in [3.8, 4) is 5.88 Å². The Labute approximate surface area is 144 Å². The highest BCUT2D eigenvalue weighted by molar-refractivity contribution is 5.90. The van der Waals surface area contributed by atoms with Gasteiger partial charge in [0.1, 0.15) is 0 Å². The summed E-state index contributed by atoms with van der Waals surface area (Å²) in [6.07, 6.45) is 5.79. The molecule has 0 unspecified atom stereocenters. The number of fused-ring (bicyclic) bond motifs is 1. The van der Waals surface area contributed by atoms with E-state index in [0.29, 0.717) is 30.7 Å². The molecule has 0 aliphatic heterocycles. The van der Waals surface area contributed by atoms with E-state index in [1.165, 1.54) is 12.8 Å². The fourth-order valence-corrected chi connectivity index (χ4v) is 2.39. The van der Waals surface area contributed by atoms with Gasteiger partial charge in [-0.2, -0.15) is 4.98 Å². The molecule has 128 valence electrons. The number of carbonyl (C=O) groups excluding carboxylic acids is 1. The molecule has 0 radical (unpaired) electrons. The van der Waals surface area contributed by atoms with Gasteiger partial charge in [-0.15, -0.1) is 5.10 Å². The number of aromatic nitrogens is 5. The molecule has 1 N–H and O–H groups in total. The Hall–Kier alpha value is -3.03. The van der Waals surface area contributed by atoms with Crippen LogP contribution in [0.25, 0.3) is 5.78 Å². The summed E-state index contributed by atoms with van der Waals surface area (Å²) in [4.78, 5) is 24.7. The SMILES string of the molecule is Cc1ccnc2nc(C(=O)NCc3ccnc(OCC4CC4)c3)nn12. The molecule has 1 saturated carbocycles. The molecule has 8 heteroatoms. The van der Waals surface area contributed by atoms with Gasteiger partial charge in [0.25, 0.3) is 11.7 Å². The summed E-state index contributed by atoms with van der Waals surface area (Å²) in [5, 5.41) is 7.00. The summed E-state index contributed by atoms with van der Waals surface area (Å²) < 4.78 is 7.20. The zero-order valence-electron chi connectivity index (χ0n) is 13.8. The fourth-order valence-electron chi connectivity index (χ4n) is 2.39. The van der Waals surface area contributed by atoms with Crippen LogP contribution >= 0.6 is 0 Å². The van der Waals surface area contributed by atoms with Crippen molar-refractivity contribution in [1.82, 2.24) is 29.9 Å². The molecule has 3 heterocycles. The van der Waals surface area contributed by atoms with Gasteiger partial charge >= 0.3 is 0 Å². The van der Waals surface area contributed by atoms with Crippen molar-refractivity contribution in [2.45, 2.75) is 26.3 Å². The van der Waals surface area contributed by atoms with E-state index in [4.69, 9.17) is 4.74 Å². The van der Waals surface area contributed by atoms with Gasteiger partial charge in [0.2, 0.25) is 11.7 Å². The zero-order chi connectivity index (χ0) is 17.2. The predicted octanol–water partition coefficient (Wildman–Crippen LogP) is 1.55. The van der Waals surface area contributed by atoms with Gasteiger partial charge in [0, 0.05) is 30.7 Å². The van der Waals surface area contributed by atoms with Crippen LogP contribution in [-0.4, -0.2) is 37.1 Å². The molecule has 8 nitrogen and oxygen atoms in total. The highest BCUT2D eigenvalue weighted by Gasteiger charge is 2.22. The summed E-state index contributed by atoms with van der Waals surface area (Å²) >= 11 is 0. The van der Waals surface area contributed by atoms with Crippen LogP contribution in [-0.2, 0) is 6.54 Å². The Balaban J connectivity index is 1.40. The maximum atomic E-state index is 12.3. The summed E-state index contributed by atoms with van der Waals surface area (Å²) in [7, 11) is 0. The van der Waals surface area contributed by atoms with Crippen LogP contribution < -0.4 is 10.1 Å². The van der Waals surface area contributed by atoms with Crippen LogP contribution in [0.1, 0.15) is 34.7 Å². The van der Waals surface area contributed by atoms with E-state index >= 15 is 0 Å². The Kier molecular flexibility index (Phi) is 4.01. The van der Waals surface area contributed by atoms with Crippen molar-refractivity contribution in [2.24, 2.45) is 5.92 Å². The summed E-state index contributed by atoms with van der Waals surface area (Å²) in [5.74, 6) is 1.42. The minimum absolute atomic E-state index is 0.0982. The lowest BCUT2D eigenvalue weighted by molar-refractivity contribution is 0.0940. The predicted molar refractivity (Wildman–Crippen MR) is 89.1 cm³/mol. The first-order valence-electron chi connectivity index (χ1n) is 8.23. The molecule has 0 spiro atoms. The normalized spacial score (nSPS) is 13.8. The van der Waals surface area contributed by atoms with Crippen molar-refractivity contribution in [1.29, 1.82) is 0 Å². The van der Waals surface area contributed by atoms with E-state index in [1.807, 2.05) is 25.1 Å². The van der Waals surface area contributed by atoms with Crippen LogP contribution in [0.3, 0.4) is 0 Å². The molecule has 3 aromatic heterocycles. The van der Waals surface area contributed by atoms with Gasteiger partial charge in [-0.1, -0.05) is 0 Å². The van der Waals surface area contributed by atoms with Gasteiger partial charge in [-0.25, -0.2) is 14.5 Å². The average Bonchev–Trinajstić information content (AvgIpc) is 3.35. The van der Waals surface area contributed by atoms with Crippen molar-refractivity contribution < 1.29 is 9.53 Å². The van der Waals surface area contributed by atoms with Crippen LogP contribution in [0.5, 0.6) is 5.88 Å². The fraction of sp³-hybridized carbons (Fsp3) is 0.353. The van der Waals surface area contributed by atoms with Crippen LogP contribution in [0.4, 0.5) is 0 Å². The number of hydrogen-bond acceptors (Lipinski definition) is 6. The molecule has 1 aliphatic carbocycles. The Morgan fingerprint density at radius 3 is 2.96 bits per heavy atom. The first-order valence-corrected chi connectivity index (χ1v) is 8.23. The summed E-state index contributed by atoms with van der Waals surface area (Å²) in [6.45, 7) is 2.94. The Morgan fingerprint density at radius 1 is 1.32 bits per heavy atom. The number of nitrogens with one attached hydrogen (secondary N) is 1. The highest BCUT2D eigenvalue weighted by Crippen LogP contribution is 2.29. The van der Waals surface area contributed by atoms with Crippen molar-refractivity contribution >= 4 is 11.7 Å². The molecule has 0 aromatic carbocycles. The third kappa shape index (κ3) is 3.57. The van der Waals surface area contributed by atoms with Gasteiger partial charge in [0.05, 0.1) is 6.61 Å². The maximum Gasteiger partial charge on any atom is 0.291 e. The third-order valence-electron chi connectivity index (χ3n) is 4.05. The minimum atomic E-state index is -0.345. The topological polar surface area (TPSA) is 94.3 Å². The summed E-state index contributed by atoms with van der Waals surface area (Å²) in [6, 6.07) is 5.49. The number of carbonyl (C=O) groups is 1. The second kappa shape index (κ2) is 6.46. The van der Waals surface area contributed by atoms with Gasteiger partial charge in [0.15, 0.2) is 0 Å². The number of ether oxygens (including phenoxy) is 1. The minimum Gasteiger partial charge on any atom is -0.477 e. The molecule has 4 rings (SSSR count). The number of nitrogens with zero attached hydrogens (tertiary/aromatic N) is 5. The number of aryl methyl sites for hydroxylation is 1. The van der Waals surface area contributed by atoms with E-state index in [1.54, 1.807) is 16.9 Å². The molecule has 25 heavy (non-hydrogen) atoms. The molecule has 1 amide bonds. The standard InChI is InChI=1S/C17H18N6O2/c1-11-4-6-19-17-21-15(22-23(11)17)16(24)20-9-13-5-7-18-14(8-13)25-10-12-2-3-12/h4-8,12H,2-3,9-10H2,1H3,(H,20,24). The van der Waals surface area contributed by atoms with E-state index in [9.17, 15) is 4.79 Å². The van der Waals surface area contributed by atoms with E-state index in [0.717, 1.165) is 11.3 Å². The van der Waals surface area contributed by atoms with Crippen LogP contribution in [0.15, 0.2) is 30.6 Å². The Morgan fingerprint density at radius 2 is 2.16 bits per heavy atom. The molecule has 0 atom stereocenters. The average molecular weight is 338 g/mol.